The summed E-state index contributed by atoms with van der Waals surface area (Å²) in [5, 5.41) is 3.03. The standard InChI is InChI=1S/C27H34N4O3/c1-4-21-10-5-6-11-23(21)31-17-22(16-25(31)33)27(34)30-14-12-29(13-15-30)18-24(32)28-26-19(2)8-7-9-20(26)3/h5-11,22H,4,12-18H2,1-3H3,(H,28,32). The van der Waals surface area contributed by atoms with Crippen LogP contribution in [0.2, 0.25) is 0 Å². The lowest BCUT2D eigenvalue weighted by Crippen LogP contribution is -2.52. The number of para-hydroxylation sites is 2. The molecule has 180 valence electrons. The summed E-state index contributed by atoms with van der Waals surface area (Å²) < 4.78 is 0. The van der Waals surface area contributed by atoms with Gasteiger partial charge in [0.25, 0.3) is 0 Å². The van der Waals surface area contributed by atoms with Gasteiger partial charge in [0.1, 0.15) is 0 Å². The van der Waals surface area contributed by atoms with E-state index in [1.165, 1.54) is 0 Å². The maximum absolute atomic E-state index is 13.2. The Labute approximate surface area is 201 Å². The van der Waals surface area contributed by atoms with Gasteiger partial charge >= 0.3 is 0 Å². The number of anilines is 2. The molecule has 3 amide bonds. The predicted octanol–water partition coefficient (Wildman–Crippen LogP) is 3.00. The summed E-state index contributed by atoms with van der Waals surface area (Å²) >= 11 is 0. The summed E-state index contributed by atoms with van der Waals surface area (Å²) in [6.07, 6.45) is 1.10. The first-order chi connectivity index (χ1) is 16.4. The van der Waals surface area contributed by atoms with Crippen molar-refractivity contribution in [3.8, 4) is 0 Å². The zero-order valence-electron chi connectivity index (χ0n) is 20.3. The van der Waals surface area contributed by atoms with Gasteiger partial charge in [-0.15, -0.1) is 0 Å². The van der Waals surface area contributed by atoms with Gasteiger partial charge in [-0.2, -0.15) is 0 Å². The number of hydrogen-bond acceptors (Lipinski definition) is 4. The van der Waals surface area contributed by atoms with E-state index in [9.17, 15) is 14.4 Å². The van der Waals surface area contributed by atoms with E-state index in [1.54, 1.807) is 4.90 Å². The lowest BCUT2D eigenvalue weighted by Gasteiger charge is -2.35. The molecule has 0 saturated carbocycles. The Kier molecular flexibility index (Phi) is 7.32. The van der Waals surface area contributed by atoms with Crippen LogP contribution in [0.1, 0.15) is 30.0 Å². The highest BCUT2D eigenvalue weighted by atomic mass is 16.2. The van der Waals surface area contributed by atoms with Gasteiger partial charge in [-0.25, -0.2) is 0 Å². The maximum Gasteiger partial charge on any atom is 0.238 e. The first kappa shape index (κ1) is 24.0. The molecule has 1 N–H and O–H groups in total. The molecule has 4 rings (SSSR count). The fourth-order valence-electron chi connectivity index (χ4n) is 4.96. The van der Waals surface area contributed by atoms with Crippen molar-refractivity contribution < 1.29 is 14.4 Å². The second kappa shape index (κ2) is 10.4. The third kappa shape index (κ3) is 5.14. The van der Waals surface area contributed by atoms with Crippen molar-refractivity contribution >= 4 is 29.1 Å². The number of aryl methyl sites for hydroxylation is 3. The molecule has 2 aliphatic heterocycles. The van der Waals surface area contributed by atoms with Gasteiger partial charge in [0, 0.05) is 50.5 Å². The number of piperazine rings is 1. The summed E-state index contributed by atoms with van der Waals surface area (Å²) in [7, 11) is 0. The second-order valence-corrected chi connectivity index (χ2v) is 9.30. The minimum absolute atomic E-state index is 0.0149. The molecule has 1 atom stereocenters. The van der Waals surface area contributed by atoms with Gasteiger partial charge in [0.15, 0.2) is 0 Å². The van der Waals surface area contributed by atoms with E-state index < -0.39 is 0 Å². The van der Waals surface area contributed by atoms with Gasteiger partial charge in [-0.3, -0.25) is 19.3 Å². The Morgan fingerprint density at radius 1 is 0.971 bits per heavy atom. The van der Waals surface area contributed by atoms with E-state index in [4.69, 9.17) is 0 Å². The first-order valence-electron chi connectivity index (χ1n) is 12.1. The Bertz CT molecular complexity index is 1060. The third-order valence-corrected chi connectivity index (χ3v) is 6.93. The van der Waals surface area contributed by atoms with E-state index in [0.717, 1.165) is 34.5 Å². The average molecular weight is 463 g/mol. The molecule has 34 heavy (non-hydrogen) atoms. The van der Waals surface area contributed by atoms with Crippen molar-refractivity contribution in [3.05, 3.63) is 59.2 Å². The van der Waals surface area contributed by atoms with Crippen molar-refractivity contribution in [2.75, 3.05) is 49.5 Å². The molecule has 2 heterocycles. The molecule has 1 unspecified atom stereocenters. The van der Waals surface area contributed by atoms with Crippen LogP contribution in [-0.2, 0) is 20.8 Å². The fraction of sp³-hybridized carbons (Fsp3) is 0.444. The van der Waals surface area contributed by atoms with Gasteiger partial charge in [-0.1, -0.05) is 43.3 Å². The summed E-state index contributed by atoms with van der Waals surface area (Å²) in [5.74, 6) is -0.286. The van der Waals surface area contributed by atoms with Gasteiger partial charge in [0.2, 0.25) is 17.7 Å². The predicted molar refractivity (Wildman–Crippen MR) is 134 cm³/mol. The van der Waals surface area contributed by atoms with Crippen LogP contribution in [-0.4, -0.2) is 66.8 Å². The largest absolute Gasteiger partial charge is 0.340 e. The molecular formula is C27H34N4O3. The summed E-state index contributed by atoms with van der Waals surface area (Å²) in [6, 6.07) is 13.9. The molecule has 7 heteroatoms. The van der Waals surface area contributed by atoms with Crippen LogP contribution in [0.5, 0.6) is 0 Å². The van der Waals surface area contributed by atoms with Crippen molar-refractivity contribution in [1.82, 2.24) is 9.80 Å². The van der Waals surface area contributed by atoms with Crippen molar-refractivity contribution in [3.63, 3.8) is 0 Å². The Balaban J connectivity index is 1.29. The SMILES string of the molecule is CCc1ccccc1N1CC(C(=O)N2CCN(CC(=O)Nc3c(C)cccc3C)CC2)CC1=O. The Morgan fingerprint density at radius 3 is 2.32 bits per heavy atom. The quantitative estimate of drug-likeness (QED) is 0.716. The van der Waals surface area contributed by atoms with Crippen LogP contribution in [0.3, 0.4) is 0 Å². The molecule has 0 aromatic heterocycles. The molecule has 2 aromatic carbocycles. The summed E-state index contributed by atoms with van der Waals surface area (Å²) in [5.41, 5.74) is 5.01. The highest BCUT2D eigenvalue weighted by Gasteiger charge is 2.38. The number of nitrogens with one attached hydrogen (secondary N) is 1. The van der Waals surface area contributed by atoms with Gasteiger partial charge < -0.3 is 15.1 Å². The Morgan fingerprint density at radius 2 is 1.65 bits per heavy atom. The average Bonchev–Trinajstić information content (AvgIpc) is 3.23. The normalized spacial score (nSPS) is 18.9. The highest BCUT2D eigenvalue weighted by Crippen LogP contribution is 2.29. The fourth-order valence-corrected chi connectivity index (χ4v) is 4.96. The van der Waals surface area contributed by atoms with Crippen LogP contribution in [0.4, 0.5) is 11.4 Å². The molecule has 0 radical (unpaired) electrons. The highest BCUT2D eigenvalue weighted by molar-refractivity contribution is 6.01. The minimum atomic E-state index is -0.309. The molecule has 0 spiro atoms. The Hall–Kier alpha value is -3.19. The number of nitrogens with zero attached hydrogens (tertiary/aromatic N) is 3. The third-order valence-electron chi connectivity index (χ3n) is 6.93. The molecular weight excluding hydrogens is 428 g/mol. The van der Waals surface area contributed by atoms with Crippen LogP contribution in [0, 0.1) is 19.8 Å². The summed E-state index contributed by atoms with van der Waals surface area (Å²) in [6.45, 7) is 9.24. The van der Waals surface area contributed by atoms with E-state index in [-0.39, 0.29) is 30.1 Å². The second-order valence-electron chi connectivity index (χ2n) is 9.30. The number of hydrogen-bond donors (Lipinski definition) is 1. The topological polar surface area (TPSA) is 73.0 Å². The van der Waals surface area contributed by atoms with Crippen molar-refractivity contribution in [2.45, 2.75) is 33.6 Å². The molecule has 2 fully saturated rings. The van der Waals surface area contributed by atoms with E-state index in [1.807, 2.05) is 61.2 Å². The van der Waals surface area contributed by atoms with Crippen LogP contribution < -0.4 is 10.2 Å². The van der Waals surface area contributed by atoms with Gasteiger partial charge in [-0.05, 0) is 43.0 Å². The lowest BCUT2D eigenvalue weighted by molar-refractivity contribution is -0.137. The molecule has 0 bridgehead atoms. The van der Waals surface area contributed by atoms with Crippen molar-refractivity contribution in [1.29, 1.82) is 0 Å². The van der Waals surface area contributed by atoms with E-state index in [2.05, 4.69) is 17.1 Å². The zero-order chi connectivity index (χ0) is 24.2. The monoisotopic (exact) mass is 462 g/mol. The number of rotatable bonds is 6. The number of carbonyl (C=O) groups is 3. The van der Waals surface area contributed by atoms with Crippen molar-refractivity contribution in [2.24, 2.45) is 5.92 Å². The molecule has 0 aliphatic carbocycles. The smallest absolute Gasteiger partial charge is 0.238 e. The van der Waals surface area contributed by atoms with Gasteiger partial charge in [0.05, 0.1) is 12.5 Å². The number of carbonyl (C=O) groups excluding carboxylic acids is 3. The number of benzene rings is 2. The van der Waals surface area contributed by atoms with Crippen LogP contribution in [0.25, 0.3) is 0 Å². The van der Waals surface area contributed by atoms with Crippen LogP contribution in [0.15, 0.2) is 42.5 Å². The minimum Gasteiger partial charge on any atom is -0.340 e. The summed E-state index contributed by atoms with van der Waals surface area (Å²) in [4.78, 5) is 44.2. The molecule has 7 nitrogen and oxygen atoms in total. The maximum atomic E-state index is 13.2. The van der Waals surface area contributed by atoms with E-state index in [0.29, 0.717) is 39.3 Å². The molecule has 2 aliphatic rings. The lowest BCUT2D eigenvalue weighted by atomic mass is 10.1. The number of amides is 3. The van der Waals surface area contributed by atoms with E-state index >= 15 is 0 Å². The first-order valence-corrected chi connectivity index (χ1v) is 12.1. The molecule has 2 aromatic rings. The zero-order valence-corrected chi connectivity index (χ0v) is 20.3. The van der Waals surface area contributed by atoms with Crippen LogP contribution >= 0.6 is 0 Å². The molecule has 2 saturated heterocycles.